The summed E-state index contributed by atoms with van der Waals surface area (Å²) in [5.74, 6) is -0.773. The molecule has 2 aromatic carbocycles. The first-order chi connectivity index (χ1) is 12.9. The summed E-state index contributed by atoms with van der Waals surface area (Å²) in [7, 11) is 3.99. The maximum absolute atomic E-state index is 11.9. The van der Waals surface area contributed by atoms with Gasteiger partial charge in [-0.05, 0) is 54.8 Å². The van der Waals surface area contributed by atoms with E-state index < -0.39 is 12.0 Å². The summed E-state index contributed by atoms with van der Waals surface area (Å²) in [4.78, 5) is 16.0. The van der Waals surface area contributed by atoms with Crippen LogP contribution in [0.2, 0.25) is 10.0 Å². The van der Waals surface area contributed by atoms with Crippen LogP contribution in [-0.2, 0) is 4.79 Å². The van der Waals surface area contributed by atoms with Gasteiger partial charge in [-0.25, -0.2) is 0 Å². The van der Waals surface area contributed by atoms with Gasteiger partial charge in [0.25, 0.3) is 0 Å². The Morgan fingerprint density at radius 2 is 1.74 bits per heavy atom. The number of rotatable bonds is 5. The molecule has 6 heteroatoms. The first-order valence-corrected chi connectivity index (χ1v) is 9.85. The van der Waals surface area contributed by atoms with Crippen LogP contribution in [0, 0.1) is 0 Å². The highest BCUT2D eigenvalue weighted by molar-refractivity contribution is 6.42. The number of likely N-dealkylation sites (tertiary alicyclic amines) is 1. The average Bonchev–Trinajstić information content (AvgIpc) is 2.65. The van der Waals surface area contributed by atoms with Gasteiger partial charge in [-0.2, -0.15) is 0 Å². The number of hydrogen-bond acceptors (Lipinski definition) is 3. The molecule has 1 heterocycles. The quantitative estimate of drug-likeness (QED) is 0.750. The smallest absolute Gasteiger partial charge is 0.320 e. The molecule has 4 nitrogen and oxygen atoms in total. The number of carboxylic acid groups (broad SMARTS) is 1. The summed E-state index contributed by atoms with van der Waals surface area (Å²) < 4.78 is 0. The van der Waals surface area contributed by atoms with Crippen molar-refractivity contribution in [1.82, 2.24) is 4.90 Å². The number of piperidine rings is 1. The maximum Gasteiger partial charge on any atom is 0.320 e. The summed E-state index contributed by atoms with van der Waals surface area (Å²) >= 11 is 12.4. The van der Waals surface area contributed by atoms with Crippen molar-refractivity contribution < 1.29 is 9.90 Å². The number of aliphatic carboxylic acids is 1. The minimum atomic E-state index is -0.773. The zero-order chi connectivity index (χ0) is 19.6. The van der Waals surface area contributed by atoms with E-state index in [4.69, 9.17) is 23.2 Å². The van der Waals surface area contributed by atoms with Crippen LogP contribution in [0.5, 0.6) is 0 Å². The van der Waals surface area contributed by atoms with E-state index in [-0.39, 0.29) is 6.04 Å². The second kappa shape index (κ2) is 8.51. The van der Waals surface area contributed by atoms with E-state index >= 15 is 0 Å². The Hall–Kier alpha value is -1.75. The summed E-state index contributed by atoms with van der Waals surface area (Å²) in [6.07, 6.45) is 2.57. The van der Waals surface area contributed by atoms with Gasteiger partial charge in [0.05, 0.1) is 16.1 Å². The minimum Gasteiger partial charge on any atom is -0.480 e. The molecule has 0 amide bonds. The number of nitrogens with zero attached hydrogens (tertiary/aromatic N) is 2. The number of halogens is 2. The van der Waals surface area contributed by atoms with E-state index in [1.165, 1.54) is 0 Å². The van der Waals surface area contributed by atoms with Crippen molar-refractivity contribution in [2.45, 2.75) is 31.3 Å². The summed E-state index contributed by atoms with van der Waals surface area (Å²) in [6, 6.07) is 13.1. The van der Waals surface area contributed by atoms with Crippen LogP contribution in [0.25, 0.3) is 0 Å². The molecule has 1 aliphatic rings. The molecule has 3 rings (SSSR count). The van der Waals surface area contributed by atoms with E-state index in [9.17, 15) is 9.90 Å². The van der Waals surface area contributed by atoms with E-state index in [0.717, 1.165) is 36.2 Å². The predicted octanol–water partition coefficient (Wildman–Crippen LogP) is 5.09. The highest BCUT2D eigenvalue weighted by Gasteiger charge is 2.35. The standard InChI is InChI=1S/C21H24Cl2N2O2/c1-24(2)16-9-6-14(7-10-16)20(15-8-11-17(22)18(23)13-15)25-12-4-3-5-19(25)21(26)27/h6-11,13,19-20H,3-5,12H2,1-2H3,(H,26,27). The molecule has 1 saturated heterocycles. The van der Waals surface area contributed by atoms with Crippen molar-refractivity contribution >= 4 is 34.9 Å². The summed E-state index contributed by atoms with van der Waals surface area (Å²) in [6.45, 7) is 0.733. The highest BCUT2D eigenvalue weighted by atomic mass is 35.5. The molecule has 1 fully saturated rings. The Kier molecular flexibility index (Phi) is 6.30. The maximum atomic E-state index is 11.9. The summed E-state index contributed by atoms with van der Waals surface area (Å²) in [5, 5.41) is 10.7. The van der Waals surface area contributed by atoms with E-state index in [1.54, 1.807) is 6.07 Å². The van der Waals surface area contributed by atoms with Crippen LogP contribution in [-0.4, -0.2) is 42.7 Å². The van der Waals surface area contributed by atoms with Crippen LogP contribution in [0.3, 0.4) is 0 Å². The Labute approximate surface area is 170 Å². The molecule has 0 aliphatic carbocycles. The zero-order valence-electron chi connectivity index (χ0n) is 15.5. The van der Waals surface area contributed by atoms with Gasteiger partial charge >= 0.3 is 5.97 Å². The molecule has 2 atom stereocenters. The molecule has 1 N–H and O–H groups in total. The Morgan fingerprint density at radius 1 is 1.07 bits per heavy atom. The lowest BCUT2D eigenvalue weighted by molar-refractivity contribution is -0.145. The average molecular weight is 407 g/mol. The van der Waals surface area contributed by atoms with Crippen molar-refractivity contribution in [2.75, 3.05) is 25.5 Å². The first kappa shape index (κ1) is 20.0. The van der Waals surface area contributed by atoms with Gasteiger partial charge < -0.3 is 10.0 Å². The van der Waals surface area contributed by atoms with Gasteiger partial charge in [-0.15, -0.1) is 0 Å². The molecule has 27 heavy (non-hydrogen) atoms. The molecule has 0 aromatic heterocycles. The Balaban J connectivity index is 2.07. The van der Waals surface area contributed by atoms with Crippen LogP contribution in [0.4, 0.5) is 5.69 Å². The van der Waals surface area contributed by atoms with Gasteiger partial charge in [0.2, 0.25) is 0 Å². The molecule has 1 aliphatic heterocycles. The molecule has 0 saturated carbocycles. The van der Waals surface area contributed by atoms with E-state index in [2.05, 4.69) is 29.2 Å². The first-order valence-electron chi connectivity index (χ1n) is 9.09. The fourth-order valence-electron chi connectivity index (χ4n) is 3.74. The lowest BCUT2D eigenvalue weighted by atomic mass is 9.91. The normalized spacial score (nSPS) is 18.9. The lowest BCUT2D eigenvalue weighted by Crippen LogP contribution is -2.46. The monoisotopic (exact) mass is 406 g/mol. The van der Waals surface area contributed by atoms with Crippen molar-refractivity contribution in [3.8, 4) is 0 Å². The molecule has 0 radical (unpaired) electrons. The number of hydrogen-bond donors (Lipinski definition) is 1. The highest BCUT2D eigenvalue weighted by Crippen LogP contribution is 2.37. The van der Waals surface area contributed by atoms with Crippen molar-refractivity contribution in [2.24, 2.45) is 0 Å². The number of carbonyl (C=O) groups is 1. The van der Waals surface area contributed by atoms with Crippen LogP contribution in [0.1, 0.15) is 36.4 Å². The molecular weight excluding hydrogens is 383 g/mol. The molecule has 2 aromatic rings. The van der Waals surface area contributed by atoms with Crippen LogP contribution < -0.4 is 4.90 Å². The minimum absolute atomic E-state index is 0.183. The van der Waals surface area contributed by atoms with Crippen molar-refractivity contribution in [3.63, 3.8) is 0 Å². The second-order valence-electron chi connectivity index (χ2n) is 7.15. The molecule has 2 unspecified atom stereocenters. The van der Waals surface area contributed by atoms with Gasteiger partial charge in [0, 0.05) is 19.8 Å². The molecular formula is C21H24Cl2N2O2. The third-order valence-corrected chi connectivity index (χ3v) is 5.88. The Morgan fingerprint density at radius 3 is 2.33 bits per heavy atom. The number of benzene rings is 2. The lowest BCUT2D eigenvalue weighted by Gasteiger charge is -2.39. The van der Waals surface area contributed by atoms with Crippen LogP contribution >= 0.6 is 23.2 Å². The van der Waals surface area contributed by atoms with Crippen LogP contribution in [0.15, 0.2) is 42.5 Å². The predicted molar refractivity (Wildman–Crippen MR) is 111 cm³/mol. The number of carboxylic acids is 1. The third kappa shape index (κ3) is 4.40. The third-order valence-electron chi connectivity index (χ3n) is 5.15. The largest absolute Gasteiger partial charge is 0.480 e. The van der Waals surface area contributed by atoms with E-state index in [1.807, 2.05) is 31.1 Å². The fraction of sp³-hybridized carbons (Fsp3) is 0.381. The van der Waals surface area contributed by atoms with Crippen molar-refractivity contribution in [3.05, 3.63) is 63.6 Å². The zero-order valence-corrected chi connectivity index (χ0v) is 17.0. The van der Waals surface area contributed by atoms with Gasteiger partial charge in [0.15, 0.2) is 0 Å². The second-order valence-corrected chi connectivity index (χ2v) is 7.96. The fourth-order valence-corrected chi connectivity index (χ4v) is 4.05. The SMILES string of the molecule is CN(C)c1ccc(C(c2ccc(Cl)c(Cl)c2)N2CCCCC2C(=O)O)cc1. The summed E-state index contributed by atoms with van der Waals surface area (Å²) in [5.41, 5.74) is 3.10. The van der Waals surface area contributed by atoms with Gasteiger partial charge in [0.1, 0.15) is 6.04 Å². The molecule has 0 bridgehead atoms. The molecule has 0 spiro atoms. The van der Waals surface area contributed by atoms with E-state index in [0.29, 0.717) is 16.5 Å². The molecule has 144 valence electrons. The van der Waals surface area contributed by atoms with Gasteiger partial charge in [-0.1, -0.05) is 47.8 Å². The Bertz CT molecular complexity index is 808. The van der Waals surface area contributed by atoms with Gasteiger partial charge in [-0.3, -0.25) is 9.69 Å². The topological polar surface area (TPSA) is 43.8 Å². The number of anilines is 1. The van der Waals surface area contributed by atoms with Crippen molar-refractivity contribution in [1.29, 1.82) is 0 Å².